The van der Waals surface area contributed by atoms with E-state index in [4.69, 9.17) is 0 Å². The van der Waals surface area contributed by atoms with Crippen molar-refractivity contribution in [2.45, 2.75) is 25.3 Å². The maximum absolute atomic E-state index is 13.4. The van der Waals surface area contributed by atoms with Crippen molar-refractivity contribution in [2.75, 3.05) is 5.32 Å². The number of rotatable bonds is 1. The van der Waals surface area contributed by atoms with E-state index in [9.17, 15) is 9.18 Å². The lowest BCUT2D eigenvalue weighted by Crippen LogP contribution is -2.27. The predicted molar refractivity (Wildman–Crippen MR) is 100 cm³/mol. The summed E-state index contributed by atoms with van der Waals surface area (Å²) in [6.45, 7) is 0. The lowest BCUT2D eigenvalue weighted by atomic mass is 9.77. The summed E-state index contributed by atoms with van der Waals surface area (Å²) in [6.07, 6.45) is 4.09. The first-order chi connectivity index (χ1) is 12.7. The highest BCUT2D eigenvalue weighted by molar-refractivity contribution is 6.12. The summed E-state index contributed by atoms with van der Waals surface area (Å²) in [5.41, 5.74) is 5.88. The molecule has 0 radical (unpaired) electrons. The Hall–Kier alpha value is -3.01. The zero-order chi connectivity index (χ0) is 17.7. The van der Waals surface area contributed by atoms with Gasteiger partial charge in [-0.2, -0.15) is 0 Å². The quantitative estimate of drug-likeness (QED) is 0.672. The van der Waals surface area contributed by atoms with Gasteiger partial charge in [-0.25, -0.2) is 4.39 Å². The highest BCUT2D eigenvalue weighted by atomic mass is 19.1. The Labute approximate surface area is 150 Å². The van der Waals surface area contributed by atoms with Crippen molar-refractivity contribution >= 4 is 27.9 Å². The number of allylic oxidation sites excluding steroid dienone is 1. The molecule has 0 amide bonds. The highest BCUT2D eigenvalue weighted by Crippen LogP contribution is 2.47. The van der Waals surface area contributed by atoms with Crippen molar-refractivity contribution < 1.29 is 9.18 Å². The van der Waals surface area contributed by atoms with Crippen LogP contribution in [0.4, 0.5) is 10.1 Å². The number of hydrogen-bond acceptors (Lipinski definition) is 3. The van der Waals surface area contributed by atoms with Crippen molar-refractivity contribution in [2.24, 2.45) is 0 Å². The van der Waals surface area contributed by atoms with Crippen molar-refractivity contribution in [3.8, 4) is 0 Å². The van der Waals surface area contributed by atoms with Gasteiger partial charge in [-0.05, 0) is 54.3 Å². The minimum atomic E-state index is -0.272. The number of halogens is 1. The molecule has 1 aromatic heterocycles. The summed E-state index contributed by atoms with van der Waals surface area (Å²) >= 11 is 0. The van der Waals surface area contributed by atoms with E-state index in [0.29, 0.717) is 6.42 Å². The van der Waals surface area contributed by atoms with Crippen LogP contribution in [-0.2, 0) is 4.79 Å². The number of fused-ring (bicyclic) bond motifs is 4. The van der Waals surface area contributed by atoms with Crippen LogP contribution in [0.25, 0.3) is 16.5 Å². The van der Waals surface area contributed by atoms with Crippen LogP contribution in [-0.4, -0.2) is 10.8 Å². The van der Waals surface area contributed by atoms with E-state index in [2.05, 4.69) is 16.4 Å². The smallest absolute Gasteiger partial charge is 0.161 e. The topological polar surface area (TPSA) is 42.0 Å². The first kappa shape index (κ1) is 15.3. The van der Waals surface area contributed by atoms with E-state index >= 15 is 0 Å². The van der Waals surface area contributed by atoms with Crippen LogP contribution in [0.2, 0.25) is 0 Å². The summed E-state index contributed by atoms with van der Waals surface area (Å²) in [7, 11) is 0. The Morgan fingerprint density at radius 1 is 1.04 bits per heavy atom. The van der Waals surface area contributed by atoms with E-state index in [1.165, 1.54) is 12.1 Å². The van der Waals surface area contributed by atoms with Gasteiger partial charge in [0.1, 0.15) is 5.82 Å². The van der Waals surface area contributed by atoms with Gasteiger partial charge in [-0.3, -0.25) is 9.78 Å². The Morgan fingerprint density at radius 3 is 2.73 bits per heavy atom. The number of aromatic nitrogens is 1. The van der Waals surface area contributed by atoms with Crippen LogP contribution in [0, 0.1) is 5.82 Å². The fourth-order valence-corrected chi connectivity index (χ4v) is 4.19. The largest absolute Gasteiger partial charge is 0.373 e. The molecule has 4 heteroatoms. The summed E-state index contributed by atoms with van der Waals surface area (Å²) in [4.78, 5) is 17.3. The average Bonchev–Trinajstić information content (AvgIpc) is 2.68. The second kappa shape index (κ2) is 5.77. The zero-order valence-corrected chi connectivity index (χ0v) is 14.1. The standard InChI is InChI=1S/C22H17FN2O/c23-14-8-6-13(7-9-14)22-21-16(3-1-5-19(21)26)20-15-4-2-12-24-17(15)10-11-18(20)25-22/h2,4,6-12,22,25H,1,3,5H2/t22-/m0/s1. The monoisotopic (exact) mass is 344 g/mol. The fraction of sp³-hybridized carbons (Fsp3) is 0.182. The molecule has 0 saturated heterocycles. The van der Waals surface area contributed by atoms with Crippen LogP contribution < -0.4 is 5.32 Å². The highest BCUT2D eigenvalue weighted by Gasteiger charge is 2.34. The Bertz CT molecular complexity index is 1070. The fourth-order valence-electron chi connectivity index (χ4n) is 4.19. The van der Waals surface area contributed by atoms with Gasteiger partial charge in [-0.1, -0.05) is 18.2 Å². The van der Waals surface area contributed by atoms with E-state index in [1.807, 2.05) is 18.2 Å². The van der Waals surface area contributed by atoms with Gasteiger partial charge in [0.05, 0.1) is 11.6 Å². The number of Topliss-reactive ketones (excluding diaryl/α,β-unsaturated/α-hetero) is 1. The number of nitrogens with one attached hydrogen (secondary N) is 1. The summed E-state index contributed by atoms with van der Waals surface area (Å²) in [5.74, 6) is -0.0918. The van der Waals surface area contributed by atoms with E-state index in [0.717, 1.165) is 51.7 Å². The lowest BCUT2D eigenvalue weighted by molar-refractivity contribution is -0.116. The molecule has 0 unspecified atom stereocenters. The van der Waals surface area contributed by atoms with Gasteiger partial charge in [-0.15, -0.1) is 0 Å². The minimum absolute atomic E-state index is 0.180. The summed E-state index contributed by atoms with van der Waals surface area (Å²) in [5, 5.41) is 4.59. The van der Waals surface area contributed by atoms with Gasteiger partial charge in [0, 0.05) is 34.8 Å². The second-order valence-corrected chi connectivity index (χ2v) is 6.86. The summed E-state index contributed by atoms with van der Waals surface area (Å²) in [6, 6.07) is 14.2. The minimum Gasteiger partial charge on any atom is -0.373 e. The van der Waals surface area contributed by atoms with Gasteiger partial charge in [0.2, 0.25) is 0 Å². The number of nitrogens with zero attached hydrogens (tertiary/aromatic N) is 1. The van der Waals surface area contributed by atoms with E-state index in [-0.39, 0.29) is 17.6 Å². The molecule has 3 aromatic rings. The van der Waals surface area contributed by atoms with Gasteiger partial charge >= 0.3 is 0 Å². The van der Waals surface area contributed by atoms with Crippen molar-refractivity contribution in [3.63, 3.8) is 0 Å². The van der Waals surface area contributed by atoms with Crippen molar-refractivity contribution in [1.29, 1.82) is 0 Å². The molecule has 0 saturated carbocycles. The number of ketones is 1. The molecule has 1 N–H and O–H groups in total. The number of pyridine rings is 1. The average molecular weight is 344 g/mol. The molecule has 0 spiro atoms. The van der Waals surface area contributed by atoms with Gasteiger partial charge < -0.3 is 5.32 Å². The predicted octanol–water partition coefficient (Wildman–Crippen LogP) is 5.05. The molecule has 1 aliphatic heterocycles. The normalized spacial score (nSPS) is 19.1. The SMILES string of the molecule is O=C1CCCC2=C1[C@H](c1ccc(F)cc1)Nc1ccc3ncccc3c12. The molecule has 3 nitrogen and oxygen atoms in total. The van der Waals surface area contributed by atoms with Crippen molar-refractivity contribution in [3.05, 3.63) is 77.2 Å². The molecule has 26 heavy (non-hydrogen) atoms. The lowest BCUT2D eigenvalue weighted by Gasteiger charge is -2.35. The van der Waals surface area contributed by atoms with E-state index < -0.39 is 0 Å². The van der Waals surface area contributed by atoms with Crippen LogP contribution in [0.1, 0.15) is 36.4 Å². The molecule has 2 heterocycles. The maximum atomic E-state index is 13.4. The molecular weight excluding hydrogens is 327 g/mol. The van der Waals surface area contributed by atoms with Crippen LogP contribution >= 0.6 is 0 Å². The van der Waals surface area contributed by atoms with Crippen LogP contribution in [0.15, 0.2) is 60.3 Å². The summed E-state index contributed by atoms with van der Waals surface area (Å²) < 4.78 is 13.4. The molecular formula is C22H17FN2O. The third-order valence-corrected chi connectivity index (χ3v) is 5.33. The Kier molecular flexibility index (Phi) is 3.38. The van der Waals surface area contributed by atoms with Gasteiger partial charge in [0.25, 0.3) is 0 Å². The second-order valence-electron chi connectivity index (χ2n) is 6.86. The first-order valence-corrected chi connectivity index (χ1v) is 8.89. The number of anilines is 1. The molecule has 2 aliphatic rings. The molecule has 0 bridgehead atoms. The Morgan fingerprint density at radius 2 is 1.88 bits per heavy atom. The van der Waals surface area contributed by atoms with E-state index in [1.54, 1.807) is 18.3 Å². The molecule has 2 aromatic carbocycles. The van der Waals surface area contributed by atoms with Crippen molar-refractivity contribution in [1.82, 2.24) is 4.98 Å². The zero-order valence-electron chi connectivity index (χ0n) is 14.1. The third-order valence-electron chi connectivity index (χ3n) is 5.33. The van der Waals surface area contributed by atoms with Crippen LogP contribution in [0.3, 0.4) is 0 Å². The number of hydrogen-bond donors (Lipinski definition) is 1. The third kappa shape index (κ3) is 2.25. The number of carbonyl (C=O) groups excluding carboxylic acids is 1. The van der Waals surface area contributed by atoms with Gasteiger partial charge in [0.15, 0.2) is 5.78 Å². The maximum Gasteiger partial charge on any atom is 0.161 e. The number of benzene rings is 2. The first-order valence-electron chi connectivity index (χ1n) is 8.89. The van der Waals surface area contributed by atoms with Crippen LogP contribution in [0.5, 0.6) is 0 Å². The molecule has 128 valence electrons. The molecule has 5 rings (SSSR count). The Balaban J connectivity index is 1.78. The molecule has 0 fully saturated rings. The number of carbonyl (C=O) groups is 1. The molecule has 1 atom stereocenters. The molecule has 1 aliphatic carbocycles.